The number of carboxylic acids is 1. The van der Waals surface area contributed by atoms with E-state index in [4.69, 9.17) is 4.74 Å². The molecule has 3 rings (SSSR count). The minimum Gasteiger partial charge on any atom is -0.481 e. The van der Waals surface area contributed by atoms with E-state index in [2.05, 4.69) is 0 Å². The van der Waals surface area contributed by atoms with Crippen molar-refractivity contribution in [1.82, 2.24) is 4.90 Å². The van der Waals surface area contributed by atoms with Gasteiger partial charge in [0.2, 0.25) is 5.91 Å². The van der Waals surface area contributed by atoms with Gasteiger partial charge in [-0.25, -0.2) is 0 Å². The van der Waals surface area contributed by atoms with Crippen LogP contribution in [0.3, 0.4) is 0 Å². The number of benzene rings is 3. The van der Waals surface area contributed by atoms with Gasteiger partial charge in [0.1, 0.15) is 12.2 Å². The number of amides is 1. The van der Waals surface area contributed by atoms with Crippen molar-refractivity contribution >= 4 is 11.9 Å². The molecule has 0 aromatic heterocycles. The standard InChI is InChI=1S/C26H27NO4/c1-27(18-17-21-11-5-2-6-12-21)24(28)20-31-26(19-25(29)30,22-13-7-3-8-14-22)23-15-9-4-10-16-23/h2-16H,17-20H2,1H3,(H,29,30). The number of hydrogen-bond acceptors (Lipinski definition) is 3. The van der Waals surface area contributed by atoms with Crippen LogP contribution in [0.1, 0.15) is 23.1 Å². The molecular weight excluding hydrogens is 390 g/mol. The smallest absolute Gasteiger partial charge is 0.307 e. The number of carbonyl (C=O) groups excluding carboxylic acids is 1. The summed E-state index contributed by atoms with van der Waals surface area (Å²) < 4.78 is 6.18. The predicted octanol–water partition coefficient (Wildman–Crippen LogP) is 4.12. The summed E-state index contributed by atoms with van der Waals surface area (Å²) in [5.41, 5.74) is 1.29. The minimum absolute atomic E-state index is 0.197. The summed E-state index contributed by atoms with van der Waals surface area (Å²) in [6.45, 7) is 0.331. The molecule has 0 heterocycles. The number of ether oxygens (including phenoxy) is 1. The number of likely N-dealkylation sites (N-methyl/N-ethyl adjacent to an activating group) is 1. The molecule has 1 amide bonds. The first-order chi connectivity index (χ1) is 15.0. The number of aliphatic carboxylic acids is 1. The van der Waals surface area contributed by atoms with Crippen LogP contribution in [0.15, 0.2) is 91.0 Å². The Morgan fingerprint density at radius 2 is 1.32 bits per heavy atom. The van der Waals surface area contributed by atoms with Gasteiger partial charge in [-0.3, -0.25) is 9.59 Å². The Bertz CT molecular complexity index is 935. The summed E-state index contributed by atoms with van der Waals surface area (Å²) in [7, 11) is 1.73. The number of carbonyl (C=O) groups is 2. The zero-order valence-corrected chi connectivity index (χ0v) is 17.6. The molecule has 0 bridgehead atoms. The molecule has 0 saturated carbocycles. The third kappa shape index (κ3) is 5.80. The van der Waals surface area contributed by atoms with Crippen LogP contribution in [-0.4, -0.2) is 42.1 Å². The highest BCUT2D eigenvalue weighted by atomic mass is 16.5. The monoisotopic (exact) mass is 417 g/mol. The number of carboxylic acid groups (broad SMARTS) is 1. The molecule has 0 saturated heterocycles. The van der Waals surface area contributed by atoms with Gasteiger partial charge in [0.15, 0.2) is 0 Å². The van der Waals surface area contributed by atoms with Crippen molar-refractivity contribution in [3.8, 4) is 0 Å². The van der Waals surface area contributed by atoms with E-state index in [0.717, 1.165) is 12.0 Å². The Morgan fingerprint density at radius 1 is 0.839 bits per heavy atom. The number of nitrogens with zero attached hydrogens (tertiary/aromatic N) is 1. The van der Waals surface area contributed by atoms with Crippen LogP contribution in [0, 0.1) is 0 Å². The molecule has 3 aromatic carbocycles. The molecule has 3 aromatic rings. The van der Waals surface area contributed by atoms with E-state index < -0.39 is 11.6 Å². The van der Waals surface area contributed by atoms with Gasteiger partial charge in [-0.15, -0.1) is 0 Å². The molecule has 5 heteroatoms. The van der Waals surface area contributed by atoms with E-state index in [-0.39, 0.29) is 18.9 Å². The third-order valence-corrected chi connectivity index (χ3v) is 5.33. The Balaban J connectivity index is 1.80. The summed E-state index contributed by atoms with van der Waals surface area (Å²) in [5.74, 6) is -1.20. The van der Waals surface area contributed by atoms with E-state index in [1.54, 1.807) is 11.9 Å². The van der Waals surface area contributed by atoms with E-state index in [1.807, 2.05) is 91.0 Å². The van der Waals surface area contributed by atoms with Crippen LogP contribution in [0.5, 0.6) is 0 Å². The second-order valence-electron chi connectivity index (χ2n) is 7.47. The lowest BCUT2D eigenvalue weighted by molar-refractivity contribution is -0.150. The van der Waals surface area contributed by atoms with Crippen LogP contribution >= 0.6 is 0 Å². The van der Waals surface area contributed by atoms with Crippen molar-refractivity contribution in [1.29, 1.82) is 0 Å². The van der Waals surface area contributed by atoms with Gasteiger partial charge in [-0.1, -0.05) is 91.0 Å². The Hall–Kier alpha value is -3.44. The first-order valence-corrected chi connectivity index (χ1v) is 10.3. The quantitative estimate of drug-likeness (QED) is 0.539. The average Bonchev–Trinajstić information content (AvgIpc) is 2.81. The van der Waals surface area contributed by atoms with Crippen molar-refractivity contribution in [2.45, 2.75) is 18.4 Å². The van der Waals surface area contributed by atoms with Crippen LogP contribution in [0.2, 0.25) is 0 Å². The van der Waals surface area contributed by atoms with Gasteiger partial charge >= 0.3 is 5.97 Å². The molecule has 160 valence electrons. The molecule has 0 radical (unpaired) electrons. The van der Waals surface area contributed by atoms with E-state index in [9.17, 15) is 14.7 Å². The van der Waals surface area contributed by atoms with Crippen molar-refractivity contribution in [2.24, 2.45) is 0 Å². The van der Waals surface area contributed by atoms with Gasteiger partial charge in [-0.05, 0) is 23.1 Å². The lowest BCUT2D eigenvalue weighted by Gasteiger charge is -2.34. The fourth-order valence-corrected chi connectivity index (χ4v) is 3.58. The molecule has 0 aliphatic heterocycles. The summed E-state index contributed by atoms with van der Waals surface area (Å²) in [6.07, 6.45) is 0.447. The molecule has 1 N–H and O–H groups in total. The molecule has 0 aliphatic carbocycles. The molecule has 0 fully saturated rings. The van der Waals surface area contributed by atoms with Crippen molar-refractivity contribution < 1.29 is 19.4 Å². The van der Waals surface area contributed by atoms with E-state index >= 15 is 0 Å². The first-order valence-electron chi connectivity index (χ1n) is 10.3. The minimum atomic E-state index is -1.26. The maximum Gasteiger partial charge on any atom is 0.307 e. The second-order valence-corrected chi connectivity index (χ2v) is 7.47. The average molecular weight is 418 g/mol. The fraction of sp³-hybridized carbons (Fsp3) is 0.231. The summed E-state index contributed by atoms with van der Waals surface area (Å²) >= 11 is 0. The maximum atomic E-state index is 12.8. The summed E-state index contributed by atoms with van der Waals surface area (Å²) in [4.78, 5) is 26.3. The molecular formula is C26H27NO4. The lowest BCUT2D eigenvalue weighted by Crippen LogP contribution is -2.39. The highest BCUT2D eigenvalue weighted by molar-refractivity contribution is 5.77. The second kappa shape index (κ2) is 10.5. The number of hydrogen-bond donors (Lipinski definition) is 1. The van der Waals surface area contributed by atoms with Gasteiger partial charge in [0.25, 0.3) is 0 Å². The Morgan fingerprint density at radius 3 is 1.81 bits per heavy atom. The third-order valence-electron chi connectivity index (χ3n) is 5.33. The zero-order valence-electron chi connectivity index (χ0n) is 17.6. The summed E-state index contributed by atoms with van der Waals surface area (Å²) in [6, 6.07) is 28.4. The molecule has 0 aliphatic rings. The van der Waals surface area contributed by atoms with Gasteiger partial charge in [0.05, 0.1) is 6.42 Å². The molecule has 31 heavy (non-hydrogen) atoms. The normalized spacial score (nSPS) is 11.1. The van der Waals surface area contributed by atoms with E-state index in [0.29, 0.717) is 17.7 Å². The van der Waals surface area contributed by atoms with E-state index in [1.165, 1.54) is 0 Å². The lowest BCUT2D eigenvalue weighted by atomic mass is 9.83. The highest BCUT2D eigenvalue weighted by Crippen LogP contribution is 2.37. The SMILES string of the molecule is CN(CCc1ccccc1)C(=O)COC(CC(=O)O)(c1ccccc1)c1ccccc1. The zero-order chi connectivity index (χ0) is 22.1. The van der Waals surface area contributed by atoms with Crippen LogP contribution < -0.4 is 0 Å². The molecule has 0 atom stereocenters. The first kappa shape index (κ1) is 22.2. The van der Waals surface area contributed by atoms with Crippen LogP contribution in [-0.2, 0) is 26.3 Å². The largest absolute Gasteiger partial charge is 0.481 e. The molecule has 0 unspecified atom stereocenters. The van der Waals surface area contributed by atoms with Crippen molar-refractivity contribution in [2.75, 3.05) is 20.2 Å². The topological polar surface area (TPSA) is 66.8 Å². The molecule has 0 spiro atoms. The Kier molecular flexibility index (Phi) is 7.57. The van der Waals surface area contributed by atoms with Gasteiger partial charge in [0, 0.05) is 13.6 Å². The van der Waals surface area contributed by atoms with Crippen LogP contribution in [0.25, 0.3) is 0 Å². The van der Waals surface area contributed by atoms with Crippen molar-refractivity contribution in [3.63, 3.8) is 0 Å². The van der Waals surface area contributed by atoms with Crippen LogP contribution in [0.4, 0.5) is 0 Å². The highest BCUT2D eigenvalue weighted by Gasteiger charge is 2.38. The van der Waals surface area contributed by atoms with Gasteiger partial charge in [-0.2, -0.15) is 0 Å². The van der Waals surface area contributed by atoms with Gasteiger partial charge < -0.3 is 14.7 Å². The Labute approximate surface area is 182 Å². The van der Waals surface area contributed by atoms with Crippen molar-refractivity contribution in [3.05, 3.63) is 108 Å². The summed E-state index contributed by atoms with van der Waals surface area (Å²) in [5, 5.41) is 9.68. The fourth-order valence-electron chi connectivity index (χ4n) is 3.58. The maximum absolute atomic E-state index is 12.8. The number of rotatable bonds is 10. The predicted molar refractivity (Wildman–Crippen MR) is 120 cm³/mol. The molecule has 5 nitrogen and oxygen atoms in total.